The molecule has 2 fully saturated rings. The Morgan fingerprint density at radius 1 is 1.23 bits per heavy atom. The fraction of sp³-hybridized carbons (Fsp3) is 0.435. The standard InChI is InChI=1S/C23H27FN6O/c1-23-9-8-18(29(23)3)22(24)19(13-23)28(2)21-7-6-17(26-27-21)16-5-4-15(12-20(16)31)30-11-10-25-14-30/h4-7,10-12,14,18-19,22,31H,8-9,13H2,1-3H3/t18-,19+,22-,23+/m0/s1. The fourth-order valence-corrected chi connectivity index (χ4v) is 5.15. The van der Waals surface area contributed by atoms with Gasteiger partial charge >= 0.3 is 0 Å². The number of aromatic nitrogens is 4. The van der Waals surface area contributed by atoms with Crippen LogP contribution < -0.4 is 4.90 Å². The number of alkyl halides is 1. The van der Waals surface area contributed by atoms with Gasteiger partial charge in [-0.3, -0.25) is 4.90 Å². The van der Waals surface area contributed by atoms with Crippen LogP contribution in [0, 0.1) is 0 Å². The van der Waals surface area contributed by atoms with Gasteiger partial charge in [-0.2, -0.15) is 0 Å². The minimum Gasteiger partial charge on any atom is -0.507 e. The summed E-state index contributed by atoms with van der Waals surface area (Å²) in [5.74, 6) is 0.753. The smallest absolute Gasteiger partial charge is 0.151 e. The van der Waals surface area contributed by atoms with Crippen molar-refractivity contribution in [1.29, 1.82) is 0 Å². The van der Waals surface area contributed by atoms with E-state index in [1.54, 1.807) is 18.6 Å². The van der Waals surface area contributed by atoms with Crippen molar-refractivity contribution in [2.75, 3.05) is 19.0 Å². The van der Waals surface area contributed by atoms with Gasteiger partial charge in [-0.1, -0.05) is 0 Å². The first-order valence-electron chi connectivity index (χ1n) is 10.6. The molecule has 0 saturated carbocycles. The van der Waals surface area contributed by atoms with Crippen molar-refractivity contribution < 1.29 is 9.50 Å². The van der Waals surface area contributed by atoms with Crippen LogP contribution in [0.15, 0.2) is 49.1 Å². The fourth-order valence-electron chi connectivity index (χ4n) is 5.15. The Kier molecular flexibility index (Phi) is 4.69. The van der Waals surface area contributed by atoms with Crippen LogP contribution in [0.2, 0.25) is 0 Å². The number of benzene rings is 1. The van der Waals surface area contributed by atoms with Crippen LogP contribution in [0.4, 0.5) is 10.2 Å². The molecule has 3 aromatic rings. The molecule has 2 aromatic heterocycles. The van der Waals surface area contributed by atoms with Gasteiger partial charge in [0.25, 0.3) is 0 Å². The minimum absolute atomic E-state index is 0.0301. The maximum Gasteiger partial charge on any atom is 0.151 e. The highest BCUT2D eigenvalue weighted by molar-refractivity contribution is 5.69. The lowest BCUT2D eigenvalue weighted by Crippen LogP contribution is -2.60. The number of phenols is 1. The largest absolute Gasteiger partial charge is 0.507 e. The molecule has 0 amide bonds. The Morgan fingerprint density at radius 2 is 2.06 bits per heavy atom. The normalized spacial score (nSPS) is 28.1. The van der Waals surface area contributed by atoms with E-state index in [9.17, 15) is 5.11 Å². The van der Waals surface area contributed by atoms with Crippen LogP contribution >= 0.6 is 0 Å². The van der Waals surface area contributed by atoms with Gasteiger partial charge in [0.2, 0.25) is 0 Å². The molecule has 4 heterocycles. The molecule has 4 atom stereocenters. The third-order valence-electron chi connectivity index (χ3n) is 7.28. The minimum atomic E-state index is -0.924. The Labute approximate surface area is 181 Å². The number of anilines is 1. The van der Waals surface area contributed by atoms with Gasteiger partial charge in [0.1, 0.15) is 11.9 Å². The summed E-state index contributed by atoms with van der Waals surface area (Å²) >= 11 is 0. The van der Waals surface area contributed by atoms with Crippen molar-refractivity contribution in [3.8, 4) is 22.7 Å². The summed E-state index contributed by atoms with van der Waals surface area (Å²) in [4.78, 5) is 8.16. The van der Waals surface area contributed by atoms with E-state index >= 15 is 4.39 Å². The molecule has 1 N–H and O–H groups in total. The molecule has 7 nitrogen and oxygen atoms in total. The predicted octanol–water partition coefficient (Wildman–Crippen LogP) is 3.43. The molecule has 2 bridgehead atoms. The molecule has 2 saturated heterocycles. The molecular formula is C23H27FN6O. The van der Waals surface area contributed by atoms with Gasteiger partial charge in [0.15, 0.2) is 5.82 Å². The first kappa shape index (κ1) is 19.9. The van der Waals surface area contributed by atoms with E-state index in [0.717, 1.165) is 24.9 Å². The number of rotatable bonds is 4. The number of hydrogen-bond donors (Lipinski definition) is 1. The van der Waals surface area contributed by atoms with E-state index in [1.165, 1.54) is 0 Å². The van der Waals surface area contributed by atoms with Crippen LogP contribution in [0.3, 0.4) is 0 Å². The molecule has 0 aliphatic carbocycles. The zero-order valence-electron chi connectivity index (χ0n) is 18.0. The highest BCUT2D eigenvalue weighted by atomic mass is 19.1. The zero-order valence-corrected chi connectivity index (χ0v) is 18.0. The molecule has 1 aromatic carbocycles. The van der Waals surface area contributed by atoms with Crippen LogP contribution in [0.1, 0.15) is 26.2 Å². The zero-order chi connectivity index (χ0) is 21.8. The number of halogens is 1. The van der Waals surface area contributed by atoms with Crippen LogP contribution in [0.25, 0.3) is 16.9 Å². The summed E-state index contributed by atoms with van der Waals surface area (Å²) < 4.78 is 17.1. The SMILES string of the molecule is CN(c1ccc(-c2ccc(-n3ccnc3)cc2O)nn1)[C@@H]1C[C@@]2(C)CC[C@@H]([C@@H]1F)N2C. The van der Waals surface area contributed by atoms with Gasteiger partial charge in [0, 0.05) is 42.7 Å². The van der Waals surface area contributed by atoms with E-state index in [4.69, 9.17) is 0 Å². The quantitative estimate of drug-likeness (QED) is 0.695. The second kappa shape index (κ2) is 7.30. The molecule has 0 spiro atoms. The van der Waals surface area contributed by atoms with E-state index in [2.05, 4.69) is 27.0 Å². The number of aromatic hydroxyl groups is 1. The Balaban J connectivity index is 1.37. The summed E-state index contributed by atoms with van der Waals surface area (Å²) in [5.41, 5.74) is 2.00. The predicted molar refractivity (Wildman–Crippen MR) is 117 cm³/mol. The van der Waals surface area contributed by atoms with Crippen LogP contribution in [0.5, 0.6) is 5.75 Å². The lowest BCUT2D eigenvalue weighted by atomic mass is 9.86. The van der Waals surface area contributed by atoms with Crippen molar-refractivity contribution in [3.05, 3.63) is 49.1 Å². The van der Waals surface area contributed by atoms with Gasteiger partial charge in [-0.25, -0.2) is 9.37 Å². The van der Waals surface area contributed by atoms with Gasteiger partial charge in [-0.05, 0) is 57.5 Å². The Morgan fingerprint density at radius 3 is 2.74 bits per heavy atom. The summed E-state index contributed by atoms with van der Waals surface area (Å²) in [7, 11) is 3.94. The highest BCUT2D eigenvalue weighted by Gasteiger charge is 2.53. The molecule has 8 heteroatoms. The van der Waals surface area contributed by atoms with Crippen molar-refractivity contribution in [1.82, 2.24) is 24.6 Å². The number of nitrogens with zero attached hydrogens (tertiary/aromatic N) is 6. The first-order valence-corrected chi connectivity index (χ1v) is 10.6. The molecule has 0 unspecified atom stereocenters. The van der Waals surface area contributed by atoms with E-state index in [-0.39, 0.29) is 23.4 Å². The number of imidazole rings is 1. The second-order valence-corrected chi connectivity index (χ2v) is 8.99. The summed E-state index contributed by atoms with van der Waals surface area (Å²) in [6, 6.07) is 8.78. The maximum atomic E-state index is 15.3. The lowest BCUT2D eigenvalue weighted by molar-refractivity contribution is 0.0221. The third kappa shape index (κ3) is 3.26. The van der Waals surface area contributed by atoms with Crippen molar-refractivity contribution in [2.24, 2.45) is 0 Å². The van der Waals surface area contributed by atoms with Gasteiger partial charge < -0.3 is 14.6 Å². The molecular weight excluding hydrogens is 395 g/mol. The topological polar surface area (TPSA) is 70.3 Å². The molecule has 0 radical (unpaired) electrons. The molecule has 162 valence electrons. The first-order chi connectivity index (χ1) is 14.9. The number of hydrogen-bond acceptors (Lipinski definition) is 6. The van der Waals surface area contributed by atoms with Crippen molar-refractivity contribution >= 4 is 5.82 Å². The van der Waals surface area contributed by atoms with E-state index in [0.29, 0.717) is 17.1 Å². The third-order valence-corrected chi connectivity index (χ3v) is 7.28. The summed E-state index contributed by atoms with van der Waals surface area (Å²) in [6.45, 7) is 2.23. The average molecular weight is 423 g/mol. The van der Waals surface area contributed by atoms with E-state index < -0.39 is 6.17 Å². The molecule has 2 aliphatic heterocycles. The molecule has 31 heavy (non-hydrogen) atoms. The second-order valence-electron chi connectivity index (χ2n) is 8.99. The average Bonchev–Trinajstić information content (AvgIpc) is 3.37. The summed E-state index contributed by atoms with van der Waals surface area (Å²) in [6.07, 6.45) is 6.93. The van der Waals surface area contributed by atoms with Crippen molar-refractivity contribution in [3.63, 3.8) is 0 Å². The van der Waals surface area contributed by atoms with E-state index in [1.807, 2.05) is 54.0 Å². The van der Waals surface area contributed by atoms with Crippen LogP contribution in [-0.2, 0) is 0 Å². The Bertz CT molecular complexity index is 1070. The highest BCUT2D eigenvalue weighted by Crippen LogP contribution is 2.45. The monoisotopic (exact) mass is 422 g/mol. The number of piperidine rings is 1. The van der Waals surface area contributed by atoms with Crippen molar-refractivity contribution in [2.45, 2.75) is 50.0 Å². The van der Waals surface area contributed by atoms with Crippen LogP contribution in [-0.4, -0.2) is 67.6 Å². The Hall–Kier alpha value is -3.00. The molecule has 2 aliphatic rings. The van der Waals surface area contributed by atoms with Gasteiger partial charge in [0.05, 0.1) is 23.8 Å². The number of fused-ring (bicyclic) bond motifs is 2. The van der Waals surface area contributed by atoms with Gasteiger partial charge in [-0.15, -0.1) is 10.2 Å². The lowest BCUT2D eigenvalue weighted by Gasteiger charge is -2.48. The maximum absolute atomic E-state index is 15.3. The number of phenolic OH excluding ortho intramolecular Hbond substituents is 1. The summed E-state index contributed by atoms with van der Waals surface area (Å²) in [5, 5.41) is 19.2. The molecule has 5 rings (SSSR count).